The van der Waals surface area contributed by atoms with E-state index in [-0.39, 0.29) is 0 Å². The van der Waals surface area contributed by atoms with Crippen molar-refractivity contribution in [1.82, 2.24) is 0 Å². The van der Waals surface area contributed by atoms with Gasteiger partial charge in [-0.1, -0.05) is 12.2 Å². The van der Waals surface area contributed by atoms with Gasteiger partial charge in [-0.15, -0.1) is 0 Å². The third kappa shape index (κ3) is 0.967. The molecule has 4 rings (SSSR count). The van der Waals surface area contributed by atoms with Gasteiger partial charge in [0.1, 0.15) is 0 Å². The minimum atomic E-state index is 0.932. The second-order valence-electron chi connectivity index (χ2n) is 5.34. The first-order chi connectivity index (χ1) is 5.81. The molecule has 0 saturated heterocycles. The molecule has 0 nitrogen and oxygen atoms in total. The Balaban J connectivity index is 1.95. The predicted octanol–water partition coefficient (Wildman–Crippen LogP) is 3.39. The molecule has 0 heterocycles. The monoisotopic (exact) mass is 162 g/mol. The molecule has 0 heteroatoms. The van der Waals surface area contributed by atoms with Crippen molar-refractivity contribution in [3.8, 4) is 0 Å². The molecule has 4 bridgehead atoms. The van der Waals surface area contributed by atoms with Crippen LogP contribution in [0.5, 0.6) is 0 Å². The normalized spacial score (nSPS) is 51.2. The van der Waals surface area contributed by atoms with Crippen molar-refractivity contribution >= 4 is 0 Å². The fourth-order valence-corrected chi connectivity index (χ4v) is 4.03. The first kappa shape index (κ1) is 7.17. The largest absolute Gasteiger partial charge is 0.0996 e. The molecular weight excluding hydrogens is 144 g/mol. The summed E-state index contributed by atoms with van der Waals surface area (Å²) in [6.07, 6.45) is 8.98. The Morgan fingerprint density at radius 1 is 0.833 bits per heavy atom. The van der Waals surface area contributed by atoms with Gasteiger partial charge in [0.15, 0.2) is 0 Å². The lowest BCUT2D eigenvalue weighted by Gasteiger charge is -2.38. The molecule has 0 aliphatic heterocycles. The molecule has 0 aromatic rings. The second-order valence-corrected chi connectivity index (χ2v) is 5.34. The van der Waals surface area contributed by atoms with Crippen LogP contribution in [0, 0.1) is 23.7 Å². The van der Waals surface area contributed by atoms with Crippen LogP contribution < -0.4 is 0 Å². The lowest BCUT2D eigenvalue weighted by molar-refractivity contribution is 0.138. The molecule has 0 N–H and O–H groups in total. The topological polar surface area (TPSA) is 0 Å². The molecule has 4 saturated carbocycles. The molecule has 4 fully saturated rings. The Labute approximate surface area is 75.0 Å². The number of fused-ring (bicyclic) bond motifs is 1. The van der Waals surface area contributed by atoms with Gasteiger partial charge in [-0.05, 0) is 62.2 Å². The van der Waals surface area contributed by atoms with Crippen molar-refractivity contribution < 1.29 is 0 Å². The van der Waals surface area contributed by atoms with Gasteiger partial charge < -0.3 is 0 Å². The molecule has 4 aliphatic carbocycles. The van der Waals surface area contributed by atoms with Crippen molar-refractivity contribution in [1.29, 1.82) is 0 Å². The zero-order valence-corrected chi connectivity index (χ0v) is 7.76. The van der Waals surface area contributed by atoms with Crippen LogP contribution in [0.25, 0.3) is 0 Å². The summed E-state index contributed by atoms with van der Waals surface area (Å²) >= 11 is 0. The zero-order chi connectivity index (χ0) is 8.13. The van der Waals surface area contributed by atoms with E-state index in [0.29, 0.717) is 0 Å². The molecule has 66 valence electrons. The molecule has 4 atom stereocenters. The van der Waals surface area contributed by atoms with Crippen LogP contribution >= 0.6 is 0 Å². The van der Waals surface area contributed by atoms with E-state index in [0.717, 1.165) is 23.7 Å². The van der Waals surface area contributed by atoms with Crippen LogP contribution in [0.4, 0.5) is 0 Å². The summed E-state index contributed by atoms with van der Waals surface area (Å²) in [5.41, 5.74) is 1.60. The quantitative estimate of drug-likeness (QED) is 0.479. The first-order valence-corrected chi connectivity index (χ1v) is 5.49. The maximum Gasteiger partial charge on any atom is -0.0201 e. The predicted molar refractivity (Wildman–Crippen MR) is 50.8 cm³/mol. The number of allylic oxidation sites excluding steroid dienone is 1. The van der Waals surface area contributed by atoms with Crippen molar-refractivity contribution in [2.24, 2.45) is 23.7 Å². The number of hydrogen-bond donors (Lipinski definition) is 0. The highest BCUT2D eigenvalue weighted by Gasteiger charge is 2.40. The van der Waals surface area contributed by atoms with Gasteiger partial charge in [0, 0.05) is 0 Å². The van der Waals surface area contributed by atoms with E-state index >= 15 is 0 Å². The lowest BCUT2D eigenvalue weighted by Crippen LogP contribution is -2.27. The van der Waals surface area contributed by atoms with Crippen LogP contribution in [0.3, 0.4) is 0 Å². The van der Waals surface area contributed by atoms with Crippen LogP contribution in [-0.4, -0.2) is 0 Å². The molecule has 2 unspecified atom stereocenters. The average Bonchev–Trinajstić information content (AvgIpc) is 2.16. The van der Waals surface area contributed by atoms with E-state index in [1.54, 1.807) is 12.0 Å². The smallest absolute Gasteiger partial charge is 0.0201 e. The molecule has 0 spiro atoms. The molecule has 12 heavy (non-hydrogen) atoms. The van der Waals surface area contributed by atoms with Gasteiger partial charge in [0.05, 0.1) is 0 Å². The summed E-state index contributed by atoms with van der Waals surface area (Å²) < 4.78 is 0. The Bertz CT molecular complexity index is 202. The van der Waals surface area contributed by atoms with E-state index < -0.39 is 0 Å². The fourth-order valence-electron chi connectivity index (χ4n) is 4.03. The van der Waals surface area contributed by atoms with Crippen LogP contribution in [-0.2, 0) is 0 Å². The molecule has 0 radical (unpaired) electrons. The molecular formula is C12H18. The summed E-state index contributed by atoms with van der Waals surface area (Å²) in [5.74, 6) is 4.15. The molecule has 4 aliphatic rings. The summed E-state index contributed by atoms with van der Waals surface area (Å²) in [6.45, 7) is 4.27. The number of rotatable bonds is 0. The maximum absolute atomic E-state index is 4.27. The summed E-state index contributed by atoms with van der Waals surface area (Å²) in [7, 11) is 0. The van der Waals surface area contributed by atoms with Crippen molar-refractivity contribution in [2.75, 3.05) is 0 Å². The van der Waals surface area contributed by atoms with Crippen LogP contribution in [0.1, 0.15) is 38.5 Å². The van der Waals surface area contributed by atoms with Crippen LogP contribution in [0.15, 0.2) is 12.2 Å². The summed E-state index contributed by atoms with van der Waals surface area (Å²) in [4.78, 5) is 0. The van der Waals surface area contributed by atoms with Gasteiger partial charge in [0.2, 0.25) is 0 Å². The lowest BCUT2D eigenvalue weighted by atomic mass is 9.68. The standard InChI is InChI=1S/C12H18/c1-8-2-9-3-10-5-11(4-9)7-12(8)6-10/h9-12H,1-7H2/t9?,10-,11+,12?. The SMILES string of the molecule is C=C1CC2C[C@@H]3CC1C[C@H](C2)C3. The fraction of sp³-hybridized carbons (Fsp3) is 0.833. The molecule has 0 amide bonds. The Morgan fingerprint density at radius 2 is 1.42 bits per heavy atom. The van der Waals surface area contributed by atoms with E-state index in [9.17, 15) is 0 Å². The molecule has 0 aromatic heterocycles. The van der Waals surface area contributed by atoms with Crippen molar-refractivity contribution in [3.05, 3.63) is 12.2 Å². The Morgan fingerprint density at radius 3 is 2.08 bits per heavy atom. The third-order valence-electron chi connectivity index (χ3n) is 4.36. The minimum Gasteiger partial charge on any atom is -0.0996 e. The van der Waals surface area contributed by atoms with Gasteiger partial charge in [0.25, 0.3) is 0 Å². The average molecular weight is 162 g/mol. The van der Waals surface area contributed by atoms with Gasteiger partial charge >= 0.3 is 0 Å². The highest BCUT2D eigenvalue weighted by molar-refractivity contribution is 5.10. The summed E-state index contributed by atoms with van der Waals surface area (Å²) in [5, 5.41) is 0. The Hall–Kier alpha value is -0.260. The van der Waals surface area contributed by atoms with Crippen LogP contribution in [0.2, 0.25) is 0 Å². The van der Waals surface area contributed by atoms with E-state index in [1.165, 1.54) is 32.1 Å². The highest BCUT2D eigenvalue weighted by atomic mass is 14.5. The highest BCUT2D eigenvalue weighted by Crippen LogP contribution is 2.52. The van der Waals surface area contributed by atoms with E-state index in [2.05, 4.69) is 6.58 Å². The minimum absolute atomic E-state index is 0.932. The van der Waals surface area contributed by atoms with Gasteiger partial charge in [-0.25, -0.2) is 0 Å². The first-order valence-electron chi connectivity index (χ1n) is 5.49. The van der Waals surface area contributed by atoms with Gasteiger partial charge in [-0.2, -0.15) is 0 Å². The summed E-state index contributed by atoms with van der Waals surface area (Å²) in [6, 6.07) is 0. The maximum atomic E-state index is 4.27. The Kier molecular flexibility index (Phi) is 1.42. The number of hydrogen-bond acceptors (Lipinski definition) is 0. The third-order valence-corrected chi connectivity index (χ3v) is 4.36. The van der Waals surface area contributed by atoms with E-state index in [1.807, 2.05) is 0 Å². The van der Waals surface area contributed by atoms with Crippen molar-refractivity contribution in [2.45, 2.75) is 38.5 Å². The zero-order valence-electron chi connectivity index (χ0n) is 7.76. The van der Waals surface area contributed by atoms with Crippen molar-refractivity contribution in [3.63, 3.8) is 0 Å². The van der Waals surface area contributed by atoms with E-state index in [4.69, 9.17) is 0 Å². The second kappa shape index (κ2) is 2.37. The molecule has 0 aromatic carbocycles. The van der Waals surface area contributed by atoms with Gasteiger partial charge in [-0.3, -0.25) is 0 Å².